The molecule has 14 heavy (non-hydrogen) atoms. The molecule has 0 atom stereocenters. The Hall–Kier alpha value is -0.0900. The maximum Gasteiger partial charge on any atom is 0.101 e. The lowest BCUT2D eigenvalue weighted by atomic mass is 10.2. The highest BCUT2D eigenvalue weighted by molar-refractivity contribution is 5.12. The molecular weight excluding hydrogens is 285 g/mol. The fourth-order valence-electron chi connectivity index (χ4n) is 1.42. The van der Waals surface area contributed by atoms with E-state index >= 15 is 0 Å². The van der Waals surface area contributed by atoms with Gasteiger partial charge in [0.25, 0.3) is 0 Å². The van der Waals surface area contributed by atoms with Crippen molar-refractivity contribution in [3.63, 3.8) is 0 Å². The Balaban J connectivity index is 0.00000169. The van der Waals surface area contributed by atoms with Gasteiger partial charge < -0.3 is 29.3 Å². The molecule has 0 amide bonds. The highest BCUT2D eigenvalue weighted by Gasteiger charge is 1.93. The van der Waals surface area contributed by atoms with Gasteiger partial charge in [-0.25, -0.2) is 0 Å². The fourth-order valence-corrected chi connectivity index (χ4v) is 1.42. The van der Waals surface area contributed by atoms with Crippen molar-refractivity contribution in [2.75, 3.05) is 6.54 Å². The molecule has 2 N–H and O–H groups in total. The van der Waals surface area contributed by atoms with Crippen LogP contribution in [0, 0.1) is 0 Å². The Bertz CT molecular complexity index is 211. The molecule has 0 aliphatic heterocycles. The molecule has 0 bridgehead atoms. The lowest BCUT2D eigenvalue weighted by molar-refractivity contribution is -0.671. The van der Waals surface area contributed by atoms with Crippen LogP contribution in [0.2, 0.25) is 0 Å². The topological polar surface area (TPSA) is 16.6 Å². The molecular formula is C12H20IN. The molecule has 0 saturated heterocycles. The predicted octanol–water partition coefficient (Wildman–Crippen LogP) is -1.06. The zero-order valence-electron chi connectivity index (χ0n) is 8.88. The molecule has 1 rings (SSSR count). The summed E-state index contributed by atoms with van der Waals surface area (Å²) in [6.45, 7) is 4.64. The van der Waals surface area contributed by atoms with E-state index in [1.807, 2.05) is 0 Å². The van der Waals surface area contributed by atoms with Crippen molar-refractivity contribution in [2.24, 2.45) is 0 Å². The van der Waals surface area contributed by atoms with Crippen molar-refractivity contribution in [1.29, 1.82) is 0 Å². The van der Waals surface area contributed by atoms with Gasteiger partial charge in [0.1, 0.15) is 6.54 Å². The molecule has 0 radical (unpaired) electrons. The number of halogens is 1. The van der Waals surface area contributed by atoms with Gasteiger partial charge in [0.15, 0.2) is 0 Å². The summed E-state index contributed by atoms with van der Waals surface area (Å²) in [5, 5.41) is 2.39. The minimum atomic E-state index is 0. The number of unbranched alkanes of at least 4 members (excludes halogenated alkanes) is 2. The number of rotatable bonds is 6. The highest BCUT2D eigenvalue weighted by Crippen LogP contribution is 1.94. The maximum absolute atomic E-state index is 2.39. The van der Waals surface area contributed by atoms with E-state index in [0.717, 1.165) is 6.54 Å². The van der Waals surface area contributed by atoms with Crippen molar-refractivity contribution in [2.45, 2.75) is 32.7 Å². The van der Waals surface area contributed by atoms with E-state index in [4.69, 9.17) is 0 Å². The van der Waals surface area contributed by atoms with Gasteiger partial charge in [0.05, 0.1) is 6.54 Å². The molecule has 0 aliphatic carbocycles. The largest absolute Gasteiger partial charge is 1.00 e. The minimum absolute atomic E-state index is 0. The van der Waals surface area contributed by atoms with Crippen LogP contribution in [-0.2, 0) is 6.54 Å². The number of hydrogen-bond acceptors (Lipinski definition) is 0. The van der Waals surface area contributed by atoms with Gasteiger partial charge in [-0.1, -0.05) is 43.7 Å². The first-order valence-corrected chi connectivity index (χ1v) is 5.29. The first kappa shape index (κ1) is 13.9. The van der Waals surface area contributed by atoms with Gasteiger partial charge in [0.2, 0.25) is 0 Å². The highest BCUT2D eigenvalue weighted by atomic mass is 127. The fraction of sp³-hybridized carbons (Fsp3) is 0.500. The van der Waals surface area contributed by atoms with Gasteiger partial charge in [-0.15, -0.1) is 0 Å². The quantitative estimate of drug-likeness (QED) is 0.510. The van der Waals surface area contributed by atoms with Gasteiger partial charge in [0, 0.05) is 5.56 Å². The second-order valence-corrected chi connectivity index (χ2v) is 3.47. The van der Waals surface area contributed by atoms with Crippen LogP contribution < -0.4 is 29.3 Å². The number of benzene rings is 1. The van der Waals surface area contributed by atoms with Crippen LogP contribution in [0.15, 0.2) is 30.3 Å². The molecule has 0 saturated carbocycles. The molecule has 0 heterocycles. The Morgan fingerprint density at radius 1 is 1.07 bits per heavy atom. The van der Waals surface area contributed by atoms with Crippen LogP contribution in [0.4, 0.5) is 0 Å². The van der Waals surface area contributed by atoms with Gasteiger partial charge in [-0.2, -0.15) is 0 Å². The van der Waals surface area contributed by atoms with Crippen LogP contribution in [0.5, 0.6) is 0 Å². The van der Waals surface area contributed by atoms with E-state index in [-0.39, 0.29) is 24.0 Å². The summed E-state index contributed by atoms with van der Waals surface area (Å²) < 4.78 is 0. The lowest BCUT2D eigenvalue weighted by Gasteiger charge is -2.00. The van der Waals surface area contributed by atoms with E-state index in [2.05, 4.69) is 42.6 Å². The molecule has 1 aromatic carbocycles. The van der Waals surface area contributed by atoms with E-state index in [1.165, 1.54) is 31.4 Å². The number of quaternary nitrogens is 1. The summed E-state index contributed by atoms with van der Waals surface area (Å²) in [6.07, 6.45) is 4.04. The maximum atomic E-state index is 2.39. The zero-order chi connectivity index (χ0) is 9.36. The summed E-state index contributed by atoms with van der Waals surface area (Å²) in [6, 6.07) is 10.7. The number of nitrogens with two attached hydrogens (primary N) is 1. The van der Waals surface area contributed by atoms with Crippen LogP contribution in [0.1, 0.15) is 31.7 Å². The van der Waals surface area contributed by atoms with Gasteiger partial charge >= 0.3 is 0 Å². The second-order valence-electron chi connectivity index (χ2n) is 3.47. The van der Waals surface area contributed by atoms with Crippen LogP contribution >= 0.6 is 0 Å². The molecule has 0 aromatic heterocycles. The Morgan fingerprint density at radius 2 is 1.79 bits per heavy atom. The zero-order valence-corrected chi connectivity index (χ0v) is 11.0. The molecule has 0 aliphatic rings. The Labute approximate surface area is 104 Å². The summed E-state index contributed by atoms with van der Waals surface area (Å²) >= 11 is 0. The first-order valence-electron chi connectivity index (χ1n) is 5.29. The normalized spacial score (nSPS) is 9.50. The third kappa shape index (κ3) is 6.38. The van der Waals surface area contributed by atoms with Crippen molar-refractivity contribution >= 4 is 0 Å². The third-order valence-electron chi connectivity index (χ3n) is 2.23. The summed E-state index contributed by atoms with van der Waals surface area (Å²) in [5.74, 6) is 0. The second kappa shape index (κ2) is 9.46. The molecule has 0 spiro atoms. The summed E-state index contributed by atoms with van der Waals surface area (Å²) in [5.41, 5.74) is 1.43. The molecule has 1 aromatic rings. The SMILES string of the molecule is CCCCC[NH2+]Cc1ccccc1.[I-]. The standard InChI is InChI=1S/C12H19N.HI/c1-2-3-7-10-13-11-12-8-5-4-6-9-12;/h4-6,8-9,13H,2-3,7,10-11H2,1H3;1H. The molecule has 0 unspecified atom stereocenters. The summed E-state index contributed by atoms with van der Waals surface area (Å²) in [7, 11) is 0. The molecule has 2 heteroatoms. The monoisotopic (exact) mass is 305 g/mol. The van der Waals surface area contributed by atoms with Crippen molar-refractivity contribution in [3.8, 4) is 0 Å². The third-order valence-corrected chi connectivity index (χ3v) is 2.23. The molecule has 0 fully saturated rings. The molecule has 1 nitrogen and oxygen atoms in total. The van der Waals surface area contributed by atoms with Crippen molar-refractivity contribution in [3.05, 3.63) is 35.9 Å². The van der Waals surface area contributed by atoms with Crippen molar-refractivity contribution < 1.29 is 29.3 Å². The molecule has 80 valence electrons. The average molecular weight is 305 g/mol. The van der Waals surface area contributed by atoms with Crippen LogP contribution in [0.3, 0.4) is 0 Å². The van der Waals surface area contributed by atoms with E-state index in [0.29, 0.717) is 0 Å². The first-order chi connectivity index (χ1) is 6.43. The van der Waals surface area contributed by atoms with E-state index in [9.17, 15) is 0 Å². The van der Waals surface area contributed by atoms with Crippen LogP contribution in [-0.4, -0.2) is 6.54 Å². The Morgan fingerprint density at radius 3 is 2.43 bits per heavy atom. The average Bonchev–Trinajstić information content (AvgIpc) is 2.19. The van der Waals surface area contributed by atoms with E-state index in [1.54, 1.807) is 0 Å². The predicted molar refractivity (Wildman–Crippen MR) is 56.5 cm³/mol. The van der Waals surface area contributed by atoms with Gasteiger partial charge in [-0.3, -0.25) is 0 Å². The smallest absolute Gasteiger partial charge is 0.101 e. The summed E-state index contributed by atoms with van der Waals surface area (Å²) in [4.78, 5) is 0. The lowest BCUT2D eigenvalue weighted by Crippen LogP contribution is -3.00. The van der Waals surface area contributed by atoms with Gasteiger partial charge in [-0.05, 0) is 12.8 Å². The minimum Gasteiger partial charge on any atom is -1.00 e. The Kier molecular flexibility index (Phi) is 9.40. The van der Waals surface area contributed by atoms with Crippen LogP contribution in [0.25, 0.3) is 0 Å². The number of hydrogen-bond donors (Lipinski definition) is 1. The van der Waals surface area contributed by atoms with Crippen molar-refractivity contribution in [1.82, 2.24) is 0 Å². The van der Waals surface area contributed by atoms with E-state index < -0.39 is 0 Å².